The molecule has 9 nitrogen and oxygen atoms in total. The van der Waals surface area contributed by atoms with Crippen LogP contribution in [0.2, 0.25) is 0 Å². The maximum Gasteiger partial charge on any atom is 0.328 e. The maximum absolute atomic E-state index is 14.1. The predicted molar refractivity (Wildman–Crippen MR) is 124 cm³/mol. The molecule has 0 aliphatic heterocycles. The number of hydrogen-bond acceptors (Lipinski definition) is 9. The molecule has 0 spiro atoms. The zero-order valence-corrected chi connectivity index (χ0v) is 20.0. The third-order valence-corrected chi connectivity index (χ3v) is 4.86. The van der Waals surface area contributed by atoms with Crippen LogP contribution in [0.15, 0.2) is 24.3 Å². The van der Waals surface area contributed by atoms with Gasteiger partial charge in [-0.2, -0.15) is 23.7 Å². The van der Waals surface area contributed by atoms with Gasteiger partial charge in [-0.05, 0) is 24.6 Å². The van der Waals surface area contributed by atoms with Crippen LogP contribution < -0.4 is 21.1 Å². The van der Waals surface area contributed by atoms with E-state index in [9.17, 15) is 26.3 Å². The van der Waals surface area contributed by atoms with E-state index in [4.69, 9.17) is 19.9 Å². The Labute approximate surface area is 213 Å². The second-order valence-corrected chi connectivity index (χ2v) is 7.62. The average Bonchev–Trinajstić information content (AvgIpc) is 2.90. The normalized spacial score (nSPS) is 11.9. The van der Waals surface area contributed by atoms with Crippen LogP contribution in [-0.4, -0.2) is 54.5 Å². The van der Waals surface area contributed by atoms with Crippen molar-refractivity contribution in [1.82, 2.24) is 15.0 Å². The van der Waals surface area contributed by atoms with Gasteiger partial charge >= 0.3 is 6.01 Å². The van der Waals surface area contributed by atoms with E-state index in [-0.39, 0.29) is 31.7 Å². The third-order valence-electron chi connectivity index (χ3n) is 4.86. The number of benzene rings is 2. The van der Waals surface area contributed by atoms with E-state index in [1.54, 1.807) is 6.92 Å². The fourth-order valence-electron chi connectivity index (χ4n) is 2.98. The quantitative estimate of drug-likeness (QED) is 0.119. The molecule has 0 aliphatic rings. The van der Waals surface area contributed by atoms with Crippen molar-refractivity contribution in [1.29, 1.82) is 0 Å². The Morgan fingerprint density at radius 3 is 1.97 bits per heavy atom. The fraction of sp³-hybridized carbons (Fsp3) is 0.348. The number of rotatable bonds is 14. The van der Waals surface area contributed by atoms with E-state index in [2.05, 4.69) is 25.6 Å². The first-order chi connectivity index (χ1) is 18.2. The van der Waals surface area contributed by atoms with E-state index in [0.717, 1.165) is 0 Å². The lowest BCUT2D eigenvalue weighted by atomic mass is 10.1. The van der Waals surface area contributed by atoms with Gasteiger partial charge in [0.15, 0.2) is 0 Å². The number of anilines is 2. The summed E-state index contributed by atoms with van der Waals surface area (Å²) in [6, 6.07) is 4.24. The molecule has 2 aromatic carbocycles. The van der Waals surface area contributed by atoms with Crippen LogP contribution in [-0.2, 0) is 9.47 Å². The van der Waals surface area contributed by atoms with Gasteiger partial charge < -0.3 is 30.6 Å². The zero-order valence-electron chi connectivity index (χ0n) is 20.0. The molecular formula is C23H24F6N6O3. The summed E-state index contributed by atoms with van der Waals surface area (Å²) in [6.45, 7) is 3.43. The second-order valence-electron chi connectivity index (χ2n) is 7.62. The summed E-state index contributed by atoms with van der Waals surface area (Å²) in [6.07, 6.45) is 0. The minimum absolute atomic E-state index is 0.157. The van der Waals surface area contributed by atoms with E-state index >= 15 is 0 Å². The van der Waals surface area contributed by atoms with Crippen LogP contribution in [0, 0.1) is 34.9 Å². The minimum atomic E-state index is -2.34. The Hall–Kier alpha value is -3.69. The molecule has 3 rings (SSSR count). The standard InChI is InChI=1S/C23H24F6N6O3/c1-12(13-2-4-14(24)5-3-13)32-22-33-21(31-7-9-37-11-10-36-8-6-30)34-23(35-22)38-20-18(28)16(26)15(25)17(27)19(20)29/h2-5,12H,6-11,30H2,1H3,(H2,31,32,33,34,35). The van der Waals surface area contributed by atoms with E-state index < -0.39 is 52.7 Å². The third kappa shape index (κ3) is 7.66. The van der Waals surface area contributed by atoms with Crippen molar-refractivity contribution in [2.24, 2.45) is 5.73 Å². The molecule has 38 heavy (non-hydrogen) atoms. The SMILES string of the molecule is CC(Nc1nc(NCCOCCOCCN)nc(Oc2c(F)c(F)c(F)c(F)c2F)n1)c1ccc(F)cc1. The molecular weight excluding hydrogens is 522 g/mol. The minimum Gasteiger partial charge on any atom is -0.418 e. The summed E-state index contributed by atoms with van der Waals surface area (Å²) in [5.41, 5.74) is 5.95. The maximum atomic E-state index is 14.1. The Morgan fingerprint density at radius 2 is 1.34 bits per heavy atom. The van der Waals surface area contributed by atoms with Crippen LogP contribution in [0.5, 0.6) is 11.8 Å². The molecule has 0 fully saturated rings. The first kappa shape index (κ1) is 28.9. The number of nitrogens with two attached hydrogens (primary N) is 1. The van der Waals surface area contributed by atoms with Crippen molar-refractivity contribution >= 4 is 11.9 Å². The summed E-state index contributed by atoms with van der Waals surface area (Å²) >= 11 is 0. The lowest BCUT2D eigenvalue weighted by Gasteiger charge is -2.16. The van der Waals surface area contributed by atoms with E-state index in [0.29, 0.717) is 25.3 Å². The molecule has 3 aromatic rings. The summed E-state index contributed by atoms with van der Waals surface area (Å²) in [5, 5.41) is 5.66. The first-order valence-corrected chi connectivity index (χ1v) is 11.3. The van der Waals surface area contributed by atoms with Crippen LogP contribution in [0.25, 0.3) is 0 Å². The lowest BCUT2D eigenvalue weighted by molar-refractivity contribution is 0.0547. The Bertz CT molecular complexity index is 1190. The monoisotopic (exact) mass is 546 g/mol. The Kier molecular flexibility index (Phi) is 10.4. The highest BCUT2D eigenvalue weighted by Gasteiger charge is 2.28. The summed E-state index contributed by atoms with van der Waals surface area (Å²) in [4.78, 5) is 11.8. The number of aromatic nitrogens is 3. The summed E-state index contributed by atoms with van der Waals surface area (Å²) in [5.74, 6) is -13.5. The molecule has 206 valence electrons. The highest BCUT2D eigenvalue weighted by atomic mass is 19.2. The predicted octanol–water partition coefficient (Wildman–Crippen LogP) is 4.08. The number of ether oxygens (including phenoxy) is 3. The van der Waals surface area contributed by atoms with Crippen LogP contribution >= 0.6 is 0 Å². The molecule has 0 aliphatic carbocycles. The molecule has 4 N–H and O–H groups in total. The molecule has 0 radical (unpaired) electrons. The van der Waals surface area contributed by atoms with Gasteiger partial charge in [0.05, 0.1) is 32.5 Å². The van der Waals surface area contributed by atoms with Gasteiger partial charge in [0.25, 0.3) is 0 Å². The van der Waals surface area contributed by atoms with Gasteiger partial charge in [0.1, 0.15) is 5.82 Å². The number of hydrogen-bond donors (Lipinski definition) is 3. The van der Waals surface area contributed by atoms with Crippen molar-refractivity contribution < 1.29 is 40.6 Å². The van der Waals surface area contributed by atoms with Crippen molar-refractivity contribution in [3.05, 3.63) is 64.7 Å². The van der Waals surface area contributed by atoms with Gasteiger partial charge in [-0.1, -0.05) is 12.1 Å². The van der Waals surface area contributed by atoms with Gasteiger partial charge in [0.2, 0.25) is 46.7 Å². The van der Waals surface area contributed by atoms with Gasteiger partial charge in [0, 0.05) is 13.1 Å². The molecule has 1 atom stereocenters. The van der Waals surface area contributed by atoms with E-state index in [1.807, 2.05) is 0 Å². The molecule has 15 heteroatoms. The topological polar surface area (TPSA) is 116 Å². The summed E-state index contributed by atoms with van der Waals surface area (Å²) in [7, 11) is 0. The fourth-order valence-corrected chi connectivity index (χ4v) is 2.98. The highest BCUT2D eigenvalue weighted by molar-refractivity contribution is 5.40. The molecule has 1 heterocycles. The Balaban J connectivity index is 1.79. The van der Waals surface area contributed by atoms with Crippen molar-refractivity contribution in [2.75, 3.05) is 50.2 Å². The summed E-state index contributed by atoms with van der Waals surface area (Å²) < 4.78 is 97.6. The molecule has 1 aromatic heterocycles. The number of nitrogens with zero attached hydrogens (tertiary/aromatic N) is 3. The van der Waals surface area contributed by atoms with Gasteiger partial charge in [-0.3, -0.25) is 0 Å². The van der Waals surface area contributed by atoms with Gasteiger partial charge in [-0.25, -0.2) is 17.6 Å². The smallest absolute Gasteiger partial charge is 0.328 e. The second kappa shape index (κ2) is 13.7. The molecule has 0 bridgehead atoms. The van der Waals surface area contributed by atoms with E-state index in [1.165, 1.54) is 24.3 Å². The highest BCUT2D eigenvalue weighted by Crippen LogP contribution is 2.32. The van der Waals surface area contributed by atoms with Gasteiger partial charge in [-0.15, -0.1) is 0 Å². The molecule has 0 saturated heterocycles. The lowest BCUT2D eigenvalue weighted by Crippen LogP contribution is -2.17. The zero-order chi connectivity index (χ0) is 27.7. The average molecular weight is 546 g/mol. The molecule has 0 saturated carbocycles. The van der Waals surface area contributed by atoms with Crippen molar-refractivity contribution in [2.45, 2.75) is 13.0 Å². The van der Waals surface area contributed by atoms with Crippen LogP contribution in [0.4, 0.5) is 38.2 Å². The number of halogens is 6. The van der Waals surface area contributed by atoms with Crippen molar-refractivity contribution in [3.63, 3.8) is 0 Å². The van der Waals surface area contributed by atoms with Crippen LogP contribution in [0.1, 0.15) is 18.5 Å². The van der Waals surface area contributed by atoms with Crippen LogP contribution in [0.3, 0.4) is 0 Å². The first-order valence-electron chi connectivity index (χ1n) is 11.3. The Morgan fingerprint density at radius 1 is 0.763 bits per heavy atom. The number of nitrogens with one attached hydrogen (secondary N) is 2. The van der Waals surface area contributed by atoms with Crippen molar-refractivity contribution in [3.8, 4) is 11.8 Å². The molecule has 0 amide bonds. The molecule has 1 unspecified atom stereocenters. The largest absolute Gasteiger partial charge is 0.418 e.